The zero-order valence-electron chi connectivity index (χ0n) is 10.4. The highest BCUT2D eigenvalue weighted by atomic mass is 19.1. The molecule has 0 amide bonds. The number of ether oxygens (including phenoxy) is 1. The molecule has 20 heavy (non-hydrogen) atoms. The number of nitrogens with zero attached hydrogens (tertiary/aromatic N) is 2. The number of nitriles is 2. The molecule has 0 spiro atoms. The molecular formula is C15H10FN3O. The van der Waals surface area contributed by atoms with Crippen LogP contribution in [0.15, 0.2) is 36.4 Å². The maximum Gasteiger partial charge on any atom is 0.144 e. The van der Waals surface area contributed by atoms with Crippen LogP contribution in [0.1, 0.15) is 11.1 Å². The van der Waals surface area contributed by atoms with Crippen molar-refractivity contribution >= 4 is 5.69 Å². The molecule has 0 aromatic heterocycles. The SMILES string of the molecule is N#CCc1cc(Oc2ccc(C#N)c(F)c2)ccc1N. The van der Waals surface area contributed by atoms with E-state index in [2.05, 4.69) is 0 Å². The third-order valence-electron chi connectivity index (χ3n) is 2.68. The molecule has 0 unspecified atom stereocenters. The number of benzene rings is 2. The first-order valence-electron chi connectivity index (χ1n) is 5.77. The van der Waals surface area contributed by atoms with Crippen LogP contribution < -0.4 is 10.5 Å². The van der Waals surface area contributed by atoms with Crippen molar-refractivity contribution in [2.75, 3.05) is 5.73 Å². The van der Waals surface area contributed by atoms with E-state index in [4.69, 9.17) is 21.0 Å². The fourth-order valence-corrected chi connectivity index (χ4v) is 1.67. The van der Waals surface area contributed by atoms with Crippen LogP contribution in [0.2, 0.25) is 0 Å². The Morgan fingerprint density at radius 3 is 2.45 bits per heavy atom. The Bertz CT molecular complexity index is 729. The molecule has 0 bridgehead atoms. The van der Waals surface area contributed by atoms with Crippen LogP contribution in [0.5, 0.6) is 11.5 Å². The number of nitrogens with two attached hydrogens (primary N) is 1. The van der Waals surface area contributed by atoms with E-state index in [-0.39, 0.29) is 17.7 Å². The Morgan fingerprint density at radius 1 is 1.10 bits per heavy atom. The fraction of sp³-hybridized carbons (Fsp3) is 0.0667. The zero-order valence-corrected chi connectivity index (χ0v) is 10.4. The lowest BCUT2D eigenvalue weighted by Gasteiger charge is -2.08. The van der Waals surface area contributed by atoms with E-state index < -0.39 is 5.82 Å². The predicted molar refractivity (Wildman–Crippen MR) is 71.4 cm³/mol. The molecule has 0 radical (unpaired) electrons. The molecule has 0 fully saturated rings. The van der Waals surface area contributed by atoms with Gasteiger partial charge >= 0.3 is 0 Å². The Morgan fingerprint density at radius 2 is 1.80 bits per heavy atom. The lowest BCUT2D eigenvalue weighted by atomic mass is 10.1. The molecule has 0 heterocycles. The van der Waals surface area contributed by atoms with Gasteiger partial charge in [0, 0.05) is 11.8 Å². The Kier molecular flexibility index (Phi) is 3.83. The first kappa shape index (κ1) is 13.4. The van der Waals surface area contributed by atoms with E-state index in [1.165, 1.54) is 12.1 Å². The topological polar surface area (TPSA) is 82.8 Å². The average Bonchev–Trinajstić information content (AvgIpc) is 2.43. The van der Waals surface area contributed by atoms with Gasteiger partial charge in [-0.1, -0.05) is 0 Å². The van der Waals surface area contributed by atoms with Gasteiger partial charge in [0.25, 0.3) is 0 Å². The lowest BCUT2D eigenvalue weighted by Crippen LogP contribution is -1.95. The van der Waals surface area contributed by atoms with Crippen molar-refractivity contribution in [1.82, 2.24) is 0 Å². The Balaban J connectivity index is 2.27. The number of nitrogen functional groups attached to an aromatic ring is 1. The molecule has 5 heteroatoms. The summed E-state index contributed by atoms with van der Waals surface area (Å²) < 4.78 is 18.9. The maximum absolute atomic E-state index is 13.5. The molecule has 2 aromatic carbocycles. The molecule has 0 atom stereocenters. The van der Waals surface area contributed by atoms with Gasteiger partial charge in [0.05, 0.1) is 18.1 Å². The molecule has 0 saturated carbocycles. The third kappa shape index (κ3) is 2.85. The second-order valence-corrected chi connectivity index (χ2v) is 4.05. The van der Waals surface area contributed by atoms with Gasteiger partial charge in [-0.15, -0.1) is 0 Å². The van der Waals surface area contributed by atoms with Gasteiger partial charge in [-0.05, 0) is 35.9 Å². The van der Waals surface area contributed by atoms with Gasteiger partial charge in [0.2, 0.25) is 0 Å². The molecule has 0 aliphatic carbocycles. The van der Waals surface area contributed by atoms with E-state index in [1.54, 1.807) is 24.3 Å². The Labute approximate surface area is 115 Å². The number of halogens is 1. The van der Waals surface area contributed by atoms with Gasteiger partial charge in [-0.3, -0.25) is 0 Å². The van der Waals surface area contributed by atoms with E-state index in [9.17, 15) is 4.39 Å². The summed E-state index contributed by atoms with van der Waals surface area (Å²) in [6.07, 6.45) is 0.171. The highest BCUT2D eigenvalue weighted by Gasteiger charge is 2.06. The monoisotopic (exact) mass is 267 g/mol. The van der Waals surface area contributed by atoms with Crippen molar-refractivity contribution in [3.05, 3.63) is 53.3 Å². The van der Waals surface area contributed by atoms with E-state index in [0.29, 0.717) is 17.0 Å². The summed E-state index contributed by atoms with van der Waals surface area (Å²) in [5.74, 6) is 0.0837. The second-order valence-electron chi connectivity index (χ2n) is 4.05. The lowest BCUT2D eigenvalue weighted by molar-refractivity contribution is 0.476. The number of hydrogen-bond donors (Lipinski definition) is 1. The van der Waals surface area contributed by atoms with Gasteiger partial charge in [0.15, 0.2) is 0 Å². The smallest absolute Gasteiger partial charge is 0.144 e. The molecule has 4 nitrogen and oxygen atoms in total. The van der Waals surface area contributed by atoms with Gasteiger partial charge in [-0.25, -0.2) is 4.39 Å². The van der Waals surface area contributed by atoms with E-state index >= 15 is 0 Å². The third-order valence-corrected chi connectivity index (χ3v) is 2.68. The van der Waals surface area contributed by atoms with Crippen LogP contribution in [0.4, 0.5) is 10.1 Å². The highest BCUT2D eigenvalue weighted by molar-refractivity contribution is 5.52. The van der Waals surface area contributed by atoms with Crippen LogP contribution in [-0.2, 0) is 6.42 Å². The minimum Gasteiger partial charge on any atom is -0.457 e. The summed E-state index contributed by atoms with van der Waals surface area (Å²) in [4.78, 5) is 0. The van der Waals surface area contributed by atoms with E-state index in [0.717, 1.165) is 6.07 Å². The quantitative estimate of drug-likeness (QED) is 0.866. The largest absolute Gasteiger partial charge is 0.457 e. The van der Waals surface area contributed by atoms with Crippen molar-refractivity contribution < 1.29 is 9.13 Å². The van der Waals surface area contributed by atoms with Crippen molar-refractivity contribution in [1.29, 1.82) is 10.5 Å². The van der Waals surface area contributed by atoms with Crippen molar-refractivity contribution in [2.45, 2.75) is 6.42 Å². The molecule has 0 aliphatic heterocycles. The normalized spacial score (nSPS) is 9.55. The van der Waals surface area contributed by atoms with Crippen LogP contribution in [0.25, 0.3) is 0 Å². The molecule has 0 saturated heterocycles. The highest BCUT2D eigenvalue weighted by Crippen LogP contribution is 2.26. The molecular weight excluding hydrogens is 257 g/mol. The van der Waals surface area contributed by atoms with Crippen LogP contribution in [-0.4, -0.2) is 0 Å². The second kappa shape index (κ2) is 5.73. The summed E-state index contributed by atoms with van der Waals surface area (Å²) in [7, 11) is 0. The van der Waals surface area contributed by atoms with Crippen LogP contribution in [0, 0.1) is 28.5 Å². The summed E-state index contributed by atoms with van der Waals surface area (Å²) in [6, 6.07) is 12.6. The number of anilines is 1. The summed E-state index contributed by atoms with van der Waals surface area (Å²) in [5, 5.41) is 17.3. The molecule has 98 valence electrons. The molecule has 2 N–H and O–H groups in total. The number of rotatable bonds is 3. The molecule has 2 aromatic rings. The first-order chi connectivity index (χ1) is 9.63. The van der Waals surface area contributed by atoms with Crippen molar-refractivity contribution in [3.63, 3.8) is 0 Å². The van der Waals surface area contributed by atoms with Crippen LogP contribution >= 0.6 is 0 Å². The van der Waals surface area contributed by atoms with Crippen molar-refractivity contribution in [3.8, 4) is 23.6 Å². The minimum absolute atomic E-state index is 0.0418. The average molecular weight is 267 g/mol. The Hall–Kier alpha value is -3.05. The van der Waals surface area contributed by atoms with Gasteiger partial charge in [-0.2, -0.15) is 10.5 Å². The van der Waals surface area contributed by atoms with Crippen molar-refractivity contribution in [2.24, 2.45) is 0 Å². The summed E-state index contributed by atoms with van der Waals surface area (Å²) >= 11 is 0. The predicted octanol–water partition coefficient (Wildman–Crippen LogP) is 3.14. The van der Waals surface area contributed by atoms with Gasteiger partial charge in [0.1, 0.15) is 23.4 Å². The summed E-state index contributed by atoms with van der Waals surface area (Å²) in [5.41, 5.74) is 6.84. The molecule has 2 rings (SSSR count). The molecule has 0 aliphatic rings. The number of hydrogen-bond acceptors (Lipinski definition) is 4. The van der Waals surface area contributed by atoms with E-state index in [1.807, 2.05) is 6.07 Å². The summed E-state index contributed by atoms with van der Waals surface area (Å²) in [6.45, 7) is 0. The first-order valence-corrected chi connectivity index (χ1v) is 5.77. The van der Waals surface area contributed by atoms with Gasteiger partial charge < -0.3 is 10.5 Å². The maximum atomic E-state index is 13.5. The van der Waals surface area contributed by atoms with Crippen LogP contribution in [0.3, 0.4) is 0 Å². The standard InChI is InChI=1S/C15H10FN3O/c16-14-8-13(2-1-11(14)9-18)20-12-3-4-15(19)10(7-12)5-6-17/h1-4,7-8H,5,19H2. The minimum atomic E-state index is -0.641. The zero-order chi connectivity index (χ0) is 14.5. The fourth-order valence-electron chi connectivity index (χ4n) is 1.67.